The second-order valence-electron chi connectivity index (χ2n) is 4.43. The standard InChI is InChI=1S/C13H14N2O4/c16-10(17)7-4-8-13(9-5-2-1-3-6-9)11(18)14-12(19)15-13/h1-3,5-6H,4,7-8H2,(H,16,17)(H2,14,15,18,19). The zero-order valence-corrected chi connectivity index (χ0v) is 10.2. The maximum atomic E-state index is 12.0. The van der Waals surface area contributed by atoms with Crippen molar-refractivity contribution in [2.75, 3.05) is 0 Å². The van der Waals surface area contributed by atoms with Crippen LogP contribution in [0.5, 0.6) is 0 Å². The van der Waals surface area contributed by atoms with E-state index in [-0.39, 0.29) is 12.8 Å². The highest BCUT2D eigenvalue weighted by atomic mass is 16.4. The molecule has 19 heavy (non-hydrogen) atoms. The molecular formula is C13H14N2O4. The predicted octanol–water partition coefficient (Wildman–Crippen LogP) is 0.976. The van der Waals surface area contributed by atoms with Gasteiger partial charge in [-0.05, 0) is 18.4 Å². The van der Waals surface area contributed by atoms with Crippen LogP contribution in [0.15, 0.2) is 30.3 Å². The van der Waals surface area contributed by atoms with E-state index in [1.807, 2.05) is 6.07 Å². The largest absolute Gasteiger partial charge is 0.481 e. The first kappa shape index (κ1) is 13.1. The van der Waals surface area contributed by atoms with Gasteiger partial charge in [0.1, 0.15) is 5.54 Å². The zero-order chi connectivity index (χ0) is 13.9. The fourth-order valence-corrected chi connectivity index (χ4v) is 2.24. The Morgan fingerprint density at radius 2 is 1.89 bits per heavy atom. The molecule has 1 atom stereocenters. The minimum absolute atomic E-state index is 0.0439. The molecule has 0 radical (unpaired) electrons. The summed E-state index contributed by atoms with van der Waals surface area (Å²) < 4.78 is 0. The number of imide groups is 1. The summed E-state index contributed by atoms with van der Waals surface area (Å²) in [6, 6.07) is 8.28. The summed E-state index contributed by atoms with van der Waals surface area (Å²) in [4.78, 5) is 34.0. The Bertz CT molecular complexity index is 515. The Kier molecular flexibility index (Phi) is 3.50. The minimum atomic E-state index is -1.16. The van der Waals surface area contributed by atoms with Crippen molar-refractivity contribution in [3.63, 3.8) is 0 Å². The summed E-state index contributed by atoms with van der Waals surface area (Å²) in [6.45, 7) is 0. The lowest BCUT2D eigenvalue weighted by Crippen LogP contribution is -2.43. The summed E-state index contributed by atoms with van der Waals surface area (Å²) in [6.07, 6.45) is 0.510. The van der Waals surface area contributed by atoms with Gasteiger partial charge in [0.15, 0.2) is 0 Å². The molecular weight excluding hydrogens is 248 g/mol. The SMILES string of the molecule is O=C(O)CCCC1(c2ccccc2)NC(=O)NC1=O. The summed E-state index contributed by atoms with van der Waals surface area (Å²) in [7, 11) is 0. The molecule has 1 heterocycles. The smallest absolute Gasteiger partial charge is 0.322 e. The fraction of sp³-hybridized carbons (Fsp3) is 0.308. The molecule has 2 rings (SSSR count). The Labute approximate surface area is 109 Å². The number of nitrogens with one attached hydrogen (secondary N) is 2. The molecule has 6 heteroatoms. The number of hydrogen-bond donors (Lipinski definition) is 3. The van der Waals surface area contributed by atoms with Gasteiger partial charge >= 0.3 is 12.0 Å². The van der Waals surface area contributed by atoms with Gasteiger partial charge in [0.05, 0.1) is 0 Å². The highest BCUT2D eigenvalue weighted by Crippen LogP contribution is 2.30. The molecule has 1 saturated heterocycles. The molecule has 1 aromatic rings. The maximum absolute atomic E-state index is 12.0. The van der Waals surface area contributed by atoms with Crippen LogP contribution < -0.4 is 10.6 Å². The molecule has 0 aromatic heterocycles. The Balaban J connectivity index is 2.26. The molecule has 100 valence electrons. The fourth-order valence-electron chi connectivity index (χ4n) is 2.24. The van der Waals surface area contributed by atoms with E-state index in [4.69, 9.17) is 5.11 Å². The number of carboxylic acid groups (broad SMARTS) is 1. The van der Waals surface area contributed by atoms with Crippen molar-refractivity contribution in [1.82, 2.24) is 10.6 Å². The van der Waals surface area contributed by atoms with Crippen molar-refractivity contribution in [2.24, 2.45) is 0 Å². The molecule has 6 nitrogen and oxygen atoms in total. The van der Waals surface area contributed by atoms with Crippen LogP contribution in [-0.2, 0) is 15.1 Å². The Morgan fingerprint density at radius 3 is 2.42 bits per heavy atom. The number of rotatable bonds is 5. The topological polar surface area (TPSA) is 95.5 Å². The molecule has 1 aliphatic rings. The van der Waals surface area contributed by atoms with Crippen LogP contribution in [0.25, 0.3) is 0 Å². The monoisotopic (exact) mass is 262 g/mol. The normalized spacial score (nSPS) is 21.9. The van der Waals surface area contributed by atoms with Crippen LogP contribution in [0.2, 0.25) is 0 Å². The van der Waals surface area contributed by atoms with Crippen molar-refractivity contribution in [2.45, 2.75) is 24.8 Å². The Hall–Kier alpha value is -2.37. The van der Waals surface area contributed by atoms with Gasteiger partial charge in [-0.2, -0.15) is 0 Å². The number of carbonyl (C=O) groups excluding carboxylic acids is 2. The van der Waals surface area contributed by atoms with Gasteiger partial charge in [-0.1, -0.05) is 30.3 Å². The molecule has 3 amide bonds. The molecule has 1 unspecified atom stereocenters. The molecule has 0 aliphatic carbocycles. The average Bonchev–Trinajstić information content (AvgIpc) is 2.66. The first-order valence-corrected chi connectivity index (χ1v) is 5.95. The molecule has 0 saturated carbocycles. The van der Waals surface area contributed by atoms with Gasteiger partial charge in [0.2, 0.25) is 0 Å². The van der Waals surface area contributed by atoms with Gasteiger partial charge in [-0.25, -0.2) is 4.79 Å². The summed E-state index contributed by atoms with van der Waals surface area (Å²) in [5.41, 5.74) is -0.503. The highest BCUT2D eigenvalue weighted by Gasteiger charge is 2.46. The minimum Gasteiger partial charge on any atom is -0.481 e. The third kappa shape index (κ3) is 2.57. The molecule has 3 N–H and O–H groups in total. The summed E-state index contributed by atoms with van der Waals surface area (Å²) >= 11 is 0. The number of amides is 3. The number of aliphatic carboxylic acids is 1. The maximum Gasteiger partial charge on any atom is 0.322 e. The van der Waals surface area contributed by atoms with E-state index in [0.29, 0.717) is 12.0 Å². The van der Waals surface area contributed by atoms with E-state index >= 15 is 0 Å². The summed E-state index contributed by atoms with van der Waals surface area (Å²) in [5, 5.41) is 13.5. The lowest BCUT2D eigenvalue weighted by atomic mass is 9.85. The van der Waals surface area contributed by atoms with E-state index in [1.54, 1.807) is 24.3 Å². The molecule has 0 spiro atoms. The van der Waals surface area contributed by atoms with E-state index in [0.717, 1.165) is 0 Å². The van der Waals surface area contributed by atoms with E-state index in [9.17, 15) is 14.4 Å². The third-order valence-electron chi connectivity index (χ3n) is 3.15. The van der Waals surface area contributed by atoms with Crippen molar-refractivity contribution in [1.29, 1.82) is 0 Å². The van der Waals surface area contributed by atoms with Gasteiger partial charge in [-0.3, -0.25) is 14.9 Å². The van der Waals surface area contributed by atoms with Crippen molar-refractivity contribution in [3.05, 3.63) is 35.9 Å². The average molecular weight is 262 g/mol. The number of carbonyl (C=O) groups is 3. The van der Waals surface area contributed by atoms with Crippen LogP contribution in [-0.4, -0.2) is 23.0 Å². The molecule has 1 fully saturated rings. The van der Waals surface area contributed by atoms with Crippen LogP contribution >= 0.6 is 0 Å². The van der Waals surface area contributed by atoms with Crippen molar-refractivity contribution >= 4 is 17.9 Å². The quantitative estimate of drug-likeness (QED) is 0.689. The lowest BCUT2D eigenvalue weighted by Gasteiger charge is -2.26. The second-order valence-corrected chi connectivity index (χ2v) is 4.43. The van der Waals surface area contributed by atoms with Gasteiger partial charge in [-0.15, -0.1) is 0 Å². The second kappa shape index (κ2) is 5.09. The van der Waals surface area contributed by atoms with E-state index < -0.39 is 23.4 Å². The number of carboxylic acids is 1. The highest BCUT2D eigenvalue weighted by molar-refractivity contribution is 6.07. The van der Waals surface area contributed by atoms with Crippen molar-refractivity contribution in [3.8, 4) is 0 Å². The number of urea groups is 1. The number of benzene rings is 1. The zero-order valence-electron chi connectivity index (χ0n) is 10.2. The van der Waals surface area contributed by atoms with Gasteiger partial charge < -0.3 is 10.4 Å². The summed E-state index contributed by atoms with van der Waals surface area (Å²) in [5.74, 6) is -1.36. The molecule has 1 aromatic carbocycles. The lowest BCUT2D eigenvalue weighted by molar-refractivity contribution is -0.137. The molecule has 1 aliphatic heterocycles. The third-order valence-corrected chi connectivity index (χ3v) is 3.15. The van der Waals surface area contributed by atoms with E-state index in [1.165, 1.54) is 0 Å². The van der Waals surface area contributed by atoms with Crippen LogP contribution in [0.4, 0.5) is 4.79 Å². The predicted molar refractivity (Wildman–Crippen MR) is 66.3 cm³/mol. The van der Waals surface area contributed by atoms with Gasteiger partial charge in [0, 0.05) is 6.42 Å². The van der Waals surface area contributed by atoms with Crippen molar-refractivity contribution < 1.29 is 19.5 Å². The van der Waals surface area contributed by atoms with Crippen LogP contribution in [0.3, 0.4) is 0 Å². The van der Waals surface area contributed by atoms with Crippen LogP contribution in [0.1, 0.15) is 24.8 Å². The van der Waals surface area contributed by atoms with Gasteiger partial charge in [0.25, 0.3) is 5.91 Å². The number of hydrogen-bond acceptors (Lipinski definition) is 3. The Morgan fingerprint density at radius 1 is 1.21 bits per heavy atom. The first-order chi connectivity index (χ1) is 9.04. The molecule has 0 bridgehead atoms. The van der Waals surface area contributed by atoms with E-state index in [2.05, 4.69) is 10.6 Å². The van der Waals surface area contributed by atoms with Crippen LogP contribution in [0, 0.1) is 0 Å². The first-order valence-electron chi connectivity index (χ1n) is 5.95.